The number of unbranched alkanes of at least 4 members (excludes halogenated alkanes) is 2. The Morgan fingerprint density at radius 2 is 1.15 bits per heavy atom. The second-order valence-corrected chi connectivity index (χ2v) is 8.45. The van der Waals surface area contributed by atoms with Gasteiger partial charge in [-0.3, -0.25) is 0 Å². The minimum atomic E-state index is 0.399. The first kappa shape index (κ1) is 19.3. The molecular formula is C23H26Cl2O2. The Kier molecular flexibility index (Phi) is 6.39. The summed E-state index contributed by atoms with van der Waals surface area (Å²) in [5.41, 5.74) is 5.31. The zero-order chi connectivity index (χ0) is 18.6. The van der Waals surface area contributed by atoms with Gasteiger partial charge in [-0.2, -0.15) is 0 Å². The van der Waals surface area contributed by atoms with Crippen molar-refractivity contribution < 1.29 is 9.47 Å². The van der Waals surface area contributed by atoms with Gasteiger partial charge in [0.15, 0.2) is 0 Å². The molecule has 2 saturated heterocycles. The molecule has 4 rings (SSSR count). The molecule has 2 nitrogen and oxygen atoms in total. The first-order valence-corrected chi connectivity index (χ1v) is 10.7. The molecule has 0 saturated carbocycles. The van der Waals surface area contributed by atoms with Crippen LogP contribution in [0.5, 0.6) is 0 Å². The number of hydrogen-bond acceptors (Lipinski definition) is 2. The summed E-state index contributed by atoms with van der Waals surface area (Å²) in [6.07, 6.45) is 8.31. The number of ether oxygens (including phenoxy) is 2. The zero-order valence-electron chi connectivity index (χ0n) is 15.6. The zero-order valence-corrected chi connectivity index (χ0v) is 17.1. The van der Waals surface area contributed by atoms with Crippen LogP contribution in [0.15, 0.2) is 36.4 Å². The number of halogens is 2. The molecule has 0 N–H and O–H groups in total. The number of epoxide rings is 2. The lowest BCUT2D eigenvalue weighted by Gasteiger charge is -2.12. The van der Waals surface area contributed by atoms with Gasteiger partial charge in [0.25, 0.3) is 0 Å². The Balaban J connectivity index is 1.29. The van der Waals surface area contributed by atoms with E-state index in [0.717, 1.165) is 61.8 Å². The fourth-order valence-electron chi connectivity index (χ4n) is 3.79. The molecule has 2 aliphatic heterocycles. The topological polar surface area (TPSA) is 25.1 Å². The maximum Gasteiger partial charge on any atom is 0.0850 e. The first-order chi connectivity index (χ1) is 13.2. The molecule has 2 aromatic rings. The third-order valence-electron chi connectivity index (χ3n) is 5.49. The fraction of sp³-hybridized carbons (Fsp3) is 0.478. The molecule has 0 amide bonds. The highest BCUT2D eigenvalue weighted by atomic mass is 35.5. The highest BCUT2D eigenvalue weighted by Gasteiger charge is 2.25. The van der Waals surface area contributed by atoms with E-state index in [9.17, 15) is 0 Å². The minimum Gasteiger partial charge on any atom is -0.373 e. The van der Waals surface area contributed by atoms with E-state index in [1.807, 2.05) is 24.3 Å². The molecule has 0 aliphatic carbocycles. The Hall–Kier alpha value is -1.06. The van der Waals surface area contributed by atoms with Crippen LogP contribution in [0.4, 0.5) is 0 Å². The molecule has 2 unspecified atom stereocenters. The normalized spacial score (nSPS) is 20.7. The van der Waals surface area contributed by atoms with Crippen molar-refractivity contribution in [2.24, 2.45) is 0 Å². The molecule has 0 radical (unpaired) electrons. The van der Waals surface area contributed by atoms with Crippen LogP contribution in [-0.4, -0.2) is 25.4 Å². The van der Waals surface area contributed by atoms with Crippen LogP contribution in [-0.2, 0) is 35.2 Å². The van der Waals surface area contributed by atoms with E-state index in [4.69, 9.17) is 32.7 Å². The predicted octanol–water partition coefficient (Wildman–Crippen LogP) is 5.83. The highest BCUT2D eigenvalue weighted by molar-refractivity contribution is 6.31. The van der Waals surface area contributed by atoms with E-state index < -0.39 is 0 Å². The van der Waals surface area contributed by atoms with Crippen molar-refractivity contribution in [1.29, 1.82) is 0 Å². The Labute approximate surface area is 171 Å². The molecule has 144 valence electrons. The standard InChI is InChI=1S/C23H26Cl2O2/c24-22-10-4-6-16(12-18-14-26-18)20(22)8-2-1-3-9-21-17(13-19-15-27-19)7-5-11-23(21)25/h4-7,10-11,18-19H,1-3,8-9,12-15H2. The molecule has 2 atom stereocenters. The third-order valence-corrected chi connectivity index (χ3v) is 6.19. The van der Waals surface area contributed by atoms with E-state index in [0.29, 0.717) is 12.2 Å². The Morgan fingerprint density at radius 3 is 1.56 bits per heavy atom. The van der Waals surface area contributed by atoms with Crippen LogP contribution in [0.3, 0.4) is 0 Å². The molecule has 0 spiro atoms. The summed E-state index contributed by atoms with van der Waals surface area (Å²) < 4.78 is 10.8. The van der Waals surface area contributed by atoms with Gasteiger partial charge in [0.1, 0.15) is 0 Å². The number of benzene rings is 2. The molecule has 27 heavy (non-hydrogen) atoms. The largest absolute Gasteiger partial charge is 0.373 e. The minimum absolute atomic E-state index is 0.399. The monoisotopic (exact) mass is 404 g/mol. The van der Waals surface area contributed by atoms with Gasteiger partial charge in [-0.25, -0.2) is 0 Å². The Bertz CT molecular complexity index is 716. The van der Waals surface area contributed by atoms with Crippen LogP contribution in [0.1, 0.15) is 41.5 Å². The van der Waals surface area contributed by atoms with Crippen molar-refractivity contribution in [2.45, 2.75) is 57.2 Å². The summed E-state index contributed by atoms with van der Waals surface area (Å²) in [5, 5.41) is 1.79. The van der Waals surface area contributed by atoms with E-state index in [-0.39, 0.29) is 0 Å². The maximum absolute atomic E-state index is 6.47. The number of rotatable bonds is 10. The van der Waals surface area contributed by atoms with Crippen molar-refractivity contribution in [3.8, 4) is 0 Å². The predicted molar refractivity (Wildman–Crippen MR) is 111 cm³/mol. The summed E-state index contributed by atoms with van der Waals surface area (Å²) in [6, 6.07) is 12.5. The average molecular weight is 405 g/mol. The molecular weight excluding hydrogens is 379 g/mol. The molecule has 0 bridgehead atoms. The molecule has 2 heterocycles. The number of hydrogen-bond donors (Lipinski definition) is 0. The quantitative estimate of drug-likeness (QED) is 0.367. The van der Waals surface area contributed by atoms with E-state index in [1.54, 1.807) is 0 Å². The van der Waals surface area contributed by atoms with Crippen molar-refractivity contribution >= 4 is 23.2 Å². The van der Waals surface area contributed by atoms with Gasteiger partial charge in [-0.15, -0.1) is 0 Å². The lowest BCUT2D eigenvalue weighted by atomic mass is 9.95. The molecule has 2 aliphatic rings. The van der Waals surface area contributed by atoms with Crippen LogP contribution in [0.25, 0.3) is 0 Å². The lowest BCUT2D eigenvalue weighted by Crippen LogP contribution is -2.02. The van der Waals surface area contributed by atoms with Crippen molar-refractivity contribution in [2.75, 3.05) is 13.2 Å². The summed E-state index contributed by atoms with van der Waals surface area (Å²) in [7, 11) is 0. The maximum atomic E-state index is 6.47. The molecule has 4 heteroatoms. The highest BCUT2D eigenvalue weighted by Crippen LogP contribution is 2.28. The van der Waals surface area contributed by atoms with Gasteiger partial charge in [0.2, 0.25) is 0 Å². The van der Waals surface area contributed by atoms with Crippen LogP contribution >= 0.6 is 23.2 Å². The lowest BCUT2D eigenvalue weighted by molar-refractivity contribution is 0.407. The van der Waals surface area contributed by atoms with Crippen molar-refractivity contribution in [3.63, 3.8) is 0 Å². The van der Waals surface area contributed by atoms with Gasteiger partial charge < -0.3 is 9.47 Å². The second kappa shape index (κ2) is 8.96. The average Bonchev–Trinajstić information content (AvgIpc) is 3.55. The van der Waals surface area contributed by atoms with Gasteiger partial charge >= 0.3 is 0 Å². The van der Waals surface area contributed by atoms with Gasteiger partial charge in [0, 0.05) is 22.9 Å². The SMILES string of the molecule is Clc1cccc(CC2CO2)c1CCCCCc1c(Cl)cccc1CC1CO1. The summed E-state index contributed by atoms with van der Waals surface area (Å²) in [6.45, 7) is 1.77. The summed E-state index contributed by atoms with van der Waals surface area (Å²) >= 11 is 12.9. The summed E-state index contributed by atoms with van der Waals surface area (Å²) in [4.78, 5) is 0. The molecule has 0 aromatic heterocycles. The van der Waals surface area contributed by atoms with Crippen molar-refractivity contribution in [3.05, 3.63) is 68.7 Å². The van der Waals surface area contributed by atoms with Gasteiger partial charge in [-0.05, 0) is 60.1 Å². The smallest absolute Gasteiger partial charge is 0.0850 e. The van der Waals surface area contributed by atoms with Crippen LogP contribution < -0.4 is 0 Å². The fourth-order valence-corrected chi connectivity index (χ4v) is 4.37. The van der Waals surface area contributed by atoms with E-state index in [2.05, 4.69) is 12.1 Å². The van der Waals surface area contributed by atoms with Crippen LogP contribution in [0.2, 0.25) is 10.0 Å². The van der Waals surface area contributed by atoms with Crippen LogP contribution in [0, 0.1) is 0 Å². The third kappa shape index (κ3) is 5.48. The van der Waals surface area contributed by atoms with Gasteiger partial charge in [0.05, 0.1) is 25.4 Å². The van der Waals surface area contributed by atoms with Crippen molar-refractivity contribution in [1.82, 2.24) is 0 Å². The first-order valence-electron chi connectivity index (χ1n) is 9.96. The van der Waals surface area contributed by atoms with E-state index in [1.165, 1.54) is 28.7 Å². The van der Waals surface area contributed by atoms with E-state index >= 15 is 0 Å². The molecule has 2 aromatic carbocycles. The summed E-state index contributed by atoms with van der Waals surface area (Å²) in [5.74, 6) is 0. The second-order valence-electron chi connectivity index (χ2n) is 7.63. The van der Waals surface area contributed by atoms with Gasteiger partial charge in [-0.1, -0.05) is 53.9 Å². The molecule has 2 fully saturated rings. The Morgan fingerprint density at radius 1 is 0.704 bits per heavy atom.